The van der Waals surface area contributed by atoms with Crippen LogP contribution in [0.2, 0.25) is 0 Å². The smallest absolute Gasteiger partial charge is 0.410 e. The lowest BCUT2D eigenvalue weighted by molar-refractivity contribution is -0.159. The monoisotopic (exact) mass is 1520 g/mol. The van der Waals surface area contributed by atoms with E-state index in [0.717, 1.165) is 25.2 Å². The Morgan fingerprint density at radius 1 is 0.450 bits per heavy atom. The van der Waals surface area contributed by atoms with Crippen molar-refractivity contribution in [3.63, 3.8) is 0 Å². The predicted molar refractivity (Wildman–Crippen MR) is 414 cm³/mol. The van der Waals surface area contributed by atoms with Gasteiger partial charge in [-0.25, -0.2) is 9.59 Å². The van der Waals surface area contributed by atoms with Gasteiger partial charge in [0.1, 0.15) is 72.6 Å². The van der Waals surface area contributed by atoms with Gasteiger partial charge in [-0.05, 0) is 108 Å². The van der Waals surface area contributed by atoms with Crippen molar-refractivity contribution < 1.29 is 81.6 Å². The average Bonchev–Trinajstić information content (AvgIpc) is 0.791. The van der Waals surface area contributed by atoms with Crippen molar-refractivity contribution in [3.8, 4) is 0 Å². The van der Waals surface area contributed by atoms with E-state index >= 15 is 19.2 Å². The van der Waals surface area contributed by atoms with Crippen LogP contribution in [0.3, 0.4) is 0 Å². The first kappa shape index (κ1) is 93.7. The van der Waals surface area contributed by atoms with Gasteiger partial charge < -0.3 is 70.0 Å². The van der Waals surface area contributed by atoms with Gasteiger partial charge in [-0.1, -0.05) is 167 Å². The zero-order valence-electron chi connectivity index (χ0n) is 68.8. The van der Waals surface area contributed by atoms with Crippen molar-refractivity contribution in [2.45, 2.75) is 234 Å². The Hall–Kier alpha value is -9.47. The molecule has 0 saturated heterocycles. The van der Waals surface area contributed by atoms with Crippen molar-refractivity contribution in [1.82, 2.24) is 55.6 Å². The molecule has 11 atom stereocenters. The number of aliphatic carboxylic acids is 1. The summed E-state index contributed by atoms with van der Waals surface area (Å²) in [6, 6.07) is 13.7. The van der Waals surface area contributed by atoms with Gasteiger partial charge in [0, 0.05) is 62.2 Å². The normalized spacial score (nSPS) is 14.7. The van der Waals surface area contributed by atoms with Crippen molar-refractivity contribution in [1.29, 1.82) is 0 Å². The molecule has 0 aliphatic carbocycles. The fourth-order valence-electron chi connectivity index (χ4n) is 12.4. The molecule has 0 aliphatic rings. The van der Waals surface area contributed by atoms with Crippen LogP contribution in [0.4, 0.5) is 4.79 Å². The van der Waals surface area contributed by atoms with Crippen LogP contribution < -0.4 is 21.3 Å². The van der Waals surface area contributed by atoms with E-state index in [-0.39, 0.29) is 44.1 Å². The molecule has 0 spiro atoms. The summed E-state index contributed by atoms with van der Waals surface area (Å²) in [4.78, 5) is 195. The SMILES string of the molecule is CC[C@H](C)[C@@H](C(=O)N[C@@H](COC(C)(C)C)C(=O)N(C)[C@@H](Cc1ccccc1)C(=O)N(C)[C@H](C(=O)N[C@@H](CC(=O)OC(C)(C)C)C(=O)O)C(C)C)N(C)C(=O)CN(C)C(=O)[C@@H](NC(=O)[C@H](CC(C)C)N(C)C(=O)[C@H](CC(C)C)NC(=O)[C@H](Cc1ccccc1)N(C)C(=O)[C@H](C)N(C)C(=O)OCc1ccccc1)C(C)C. The number of rotatable bonds is 40. The van der Waals surface area contributed by atoms with Gasteiger partial charge in [0.05, 0.1) is 25.2 Å². The Kier molecular flexibility index (Phi) is 37.0. The predicted octanol–water partition coefficient (Wildman–Crippen LogP) is 6.74. The van der Waals surface area contributed by atoms with Crippen molar-refractivity contribution in [2.24, 2.45) is 29.6 Å². The number of esters is 1. The molecule has 3 aromatic rings. The molecule has 606 valence electrons. The molecule has 0 radical (unpaired) electrons. The topological polar surface area (TPSA) is 341 Å². The molecule has 28 heteroatoms. The Morgan fingerprint density at radius 2 is 0.899 bits per heavy atom. The van der Waals surface area contributed by atoms with E-state index in [4.69, 9.17) is 14.2 Å². The Balaban J connectivity index is 1.96. The first-order chi connectivity index (χ1) is 50.6. The van der Waals surface area contributed by atoms with Crippen LogP contribution in [0.5, 0.6) is 0 Å². The molecule has 0 heterocycles. The van der Waals surface area contributed by atoms with Crippen LogP contribution in [0, 0.1) is 29.6 Å². The first-order valence-corrected chi connectivity index (χ1v) is 37.5. The third-order valence-electron chi connectivity index (χ3n) is 18.9. The molecule has 0 fully saturated rings. The number of nitrogens with zero attached hydrogens (tertiary/aromatic N) is 7. The number of nitrogens with one attached hydrogen (secondary N) is 4. The van der Waals surface area contributed by atoms with Crippen LogP contribution in [0.1, 0.15) is 160 Å². The first-order valence-electron chi connectivity index (χ1n) is 37.5. The molecule has 5 N–H and O–H groups in total. The van der Waals surface area contributed by atoms with Crippen LogP contribution in [0.15, 0.2) is 91.0 Å². The number of carboxylic acid groups (broad SMARTS) is 1. The number of carbonyl (C=O) groups is 13. The maximum absolute atomic E-state index is 15.2. The highest BCUT2D eigenvalue weighted by molar-refractivity contribution is 5.99. The molecule has 0 aromatic heterocycles. The van der Waals surface area contributed by atoms with Gasteiger partial charge in [-0.15, -0.1) is 0 Å². The van der Waals surface area contributed by atoms with E-state index in [9.17, 15) is 48.3 Å². The Morgan fingerprint density at radius 3 is 1.37 bits per heavy atom. The number of amides is 11. The summed E-state index contributed by atoms with van der Waals surface area (Å²) in [5.74, 6) is -11.7. The summed E-state index contributed by atoms with van der Waals surface area (Å²) < 4.78 is 17.0. The highest BCUT2D eigenvalue weighted by atomic mass is 16.6. The lowest BCUT2D eigenvalue weighted by Gasteiger charge is -2.38. The number of ether oxygens (including phenoxy) is 3. The van der Waals surface area contributed by atoms with Crippen LogP contribution in [0.25, 0.3) is 0 Å². The maximum atomic E-state index is 15.2. The quantitative estimate of drug-likeness (QED) is 0.0368. The molecular formula is C81H125N11O17. The molecule has 3 aromatic carbocycles. The number of hydrogen-bond donors (Lipinski definition) is 5. The molecule has 109 heavy (non-hydrogen) atoms. The largest absolute Gasteiger partial charge is 0.480 e. The zero-order chi connectivity index (χ0) is 82.9. The van der Waals surface area contributed by atoms with E-state index < -0.39 is 186 Å². The minimum Gasteiger partial charge on any atom is -0.480 e. The molecule has 28 nitrogen and oxygen atoms in total. The van der Waals surface area contributed by atoms with E-state index in [2.05, 4.69) is 21.3 Å². The summed E-state index contributed by atoms with van der Waals surface area (Å²) in [6.07, 6.45) is -0.938. The summed E-state index contributed by atoms with van der Waals surface area (Å²) in [5.41, 5.74) is 0.248. The Labute approximate surface area is 645 Å². The summed E-state index contributed by atoms with van der Waals surface area (Å²) in [7, 11) is 9.81. The fraction of sp³-hybridized carbons (Fsp3) is 0.617. The van der Waals surface area contributed by atoms with E-state index in [1.807, 2.05) is 52.0 Å². The van der Waals surface area contributed by atoms with Crippen LogP contribution in [-0.2, 0) is 91.2 Å². The van der Waals surface area contributed by atoms with Crippen molar-refractivity contribution in [2.75, 3.05) is 62.5 Å². The molecule has 3 rings (SSSR count). The highest BCUT2D eigenvalue weighted by Gasteiger charge is 2.44. The minimum absolute atomic E-state index is 0.0307. The fourth-order valence-corrected chi connectivity index (χ4v) is 12.4. The molecule has 0 saturated carbocycles. The number of benzene rings is 3. The number of hydrogen-bond acceptors (Lipinski definition) is 16. The summed E-state index contributed by atoms with van der Waals surface area (Å²) in [5, 5.41) is 21.1. The lowest BCUT2D eigenvalue weighted by Crippen LogP contribution is -2.62. The number of likely N-dealkylation sites (N-methyl/N-ethyl adjacent to an activating group) is 7. The van der Waals surface area contributed by atoms with Gasteiger partial charge in [-0.2, -0.15) is 0 Å². The van der Waals surface area contributed by atoms with Gasteiger partial charge in [-0.3, -0.25) is 57.6 Å². The molecule has 0 aliphatic heterocycles. The summed E-state index contributed by atoms with van der Waals surface area (Å²) in [6.45, 7) is 28.2. The number of carbonyl (C=O) groups excluding carboxylic acids is 12. The van der Waals surface area contributed by atoms with Crippen molar-refractivity contribution >= 4 is 77.1 Å². The third kappa shape index (κ3) is 29.5. The highest BCUT2D eigenvalue weighted by Crippen LogP contribution is 2.24. The minimum atomic E-state index is -1.72. The molecule has 0 bridgehead atoms. The second-order valence-electron chi connectivity index (χ2n) is 32.0. The standard InChI is InChI=1S/C81H125N11O17/c1-25-53(10)68(72(98)84-60(48-108-80(12,13)14)75(101)90(22)63(44-56-37-31-27-32-38-56)76(102)92(24)67(52(8)9)71(97)83-59(78(104)105)45-65(94)109-81(15,16)17)91(23)64(93)46-86(18)77(103)66(51(6)7)85-70(96)61(42-50(4)5)89(21)74(100)58(41-49(2)3)82-69(95)62(43-55-35-29-26-30-36-55)88(20)73(99)54(11)87(19)79(106)107-47-57-39-33-28-34-40-57/h26-40,49-54,58-63,66-68H,25,41-48H2,1-24H3,(H,82,95)(H,83,97)(H,84,98)(H,85,96)(H,104,105)/t53-,54-,58-,59-,60-,61-,62-,63-,66-,67-,68-/m0/s1. The second kappa shape index (κ2) is 43.1. The van der Waals surface area contributed by atoms with Gasteiger partial charge in [0.15, 0.2) is 0 Å². The second-order valence-corrected chi connectivity index (χ2v) is 32.0. The maximum Gasteiger partial charge on any atom is 0.410 e. The Bertz CT molecular complexity index is 3530. The zero-order valence-corrected chi connectivity index (χ0v) is 68.8. The lowest BCUT2D eigenvalue weighted by atomic mass is 9.96. The van der Waals surface area contributed by atoms with Crippen molar-refractivity contribution in [3.05, 3.63) is 108 Å². The van der Waals surface area contributed by atoms with Crippen LogP contribution >= 0.6 is 0 Å². The average molecular weight is 1520 g/mol. The molecule has 0 unspecified atom stereocenters. The molecule has 11 amide bonds. The molecular weight excluding hydrogens is 1400 g/mol. The van der Waals surface area contributed by atoms with E-state index in [0.29, 0.717) is 17.5 Å². The summed E-state index contributed by atoms with van der Waals surface area (Å²) >= 11 is 0. The third-order valence-corrected chi connectivity index (χ3v) is 18.9. The van der Waals surface area contributed by atoms with Gasteiger partial charge in [0.25, 0.3) is 0 Å². The van der Waals surface area contributed by atoms with Crippen LogP contribution in [-0.4, -0.2) is 251 Å². The van der Waals surface area contributed by atoms with Gasteiger partial charge >= 0.3 is 18.0 Å². The van der Waals surface area contributed by atoms with E-state index in [1.54, 1.807) is 150 Å². The van der Waals surface area contributed by atoms with Gasteiger partial charge in [0.2, 0.25) is 59.1 Å². The number of carboxylic acids is 1. The van der Waals surface area contributed by atoms with E-state index in [1.165, 1.54) is 71.0 Å².